The van der Waals surface area contributed by atoms with Crippen molar-refractivity contribution >= 4 is 74.4 Å². The highest BCUT2D eigenvalue weighted by Gasteiger charge is 2.14. The second-order valence-electron chi connectivity index (χ2n) is 6.78. The lowest BCUT2D eigenvalue weighted by Gasteiger charge is -2.11. The average Bonchev–Trinajstić information content (AvgIpc) is 2.83. The van der Waals surface area contributed by atoms with Crippen molar-refractivity contribution in [1.82, 2.24) is 5.43 Å². The van der Waals surface area contributed by atoms with Crippen molar-refractivity contribution in [2.75, 3.05) is 17.2 Å². The van der Waals surface area contributed by atoms with Crippen molar-refractivity contribution < 1.29 is 23.5 Å². The number of ether oxygens (including phenoxy) is 1. The van der Waals surface area contributed by atoms with Gasteiger partial charge in [-0.05, 0) is 54.6 Å². The summed E-state index contributed by atoms with van der Waals surface area (Å²) in [6.07, 6.45) is 1.24. The van der Waals surface area contributed by atoms with Gasteiger partial charge in [-0.2, -0.15) is 5.10 Å². The number of anilines is 2. The minimum absolute atomic E-state index is 0.207. The summed E-state index contributed by atoms with van der Waals surface area (Å²) in [6.45, 7) is -0.349. The lowest BCUT2D eigenvalue weighted by molar-refractivity contribution is -0.136. The van der Waals surface area contributed by atoms with E-state index < -0.39 is 23.5 Å². The molecule has 3 amide bonds. The summed E-state index contributed by atoms with van der Waals surface area (Å²) in [7, 11) is 0. The molecule has 35 heavy (non-hydrogen) atoms. The number of rotatable bonds is 7. The molecule has 12 heteroatoms. The van der Waals surface area contributed by atoms with Gasteiger partial charge in [-0.3, -0.25) is 14.4 Å². The van der Waals surface area contributed by atoms with Crippen LogP contribution in [0.4, 0.5) is 15.8 Å². The van der Waals surface area contributed by atoms with Crippen molar-refractivity contribution in [2.45, 2.75) is 0 Å². The van der Waals surface area contributed by atoms with E-state index in [0.717, 1.165) is 12.1 Å². The summed E-state index contributed by atoms with van der Waals surface area (Å²) in [5.74, 6) is -2.70. The molecular weight excluding hydrogens is 566 g/mol. The maximum atomic E-state index is 12.9. The highest BCUT2D eigenvalue weighted by molar-refractivity contribution is 9.10. The third-order valence-corrected chi connectivity index (χ3v) is 5.55. The number of hydrogen-bond donors (Lipinski definition) is 3. The molecule has 3 aromatic carbocycles. The Bertz CT molecular complexity index is 1290. The molecule has 0 heterocycles. The first-order chi connectivity index (χ1) is 16.7. The van der Waals surface area contributed by atoms with Crippen LogP contribution in [-0.4, -0.2) is 30.5 Å². The molecule has 3 aromatic rings. The van der Waals surface area contributed by atoms with Crippen LogP contribution in [0.2, 0.25) is 10.0 Å². The monoisotopic (exact) mass is 580 g/mol. The Morgan fingerprint density at radius 1 is 1.00 bits per heavy atom. The normalized spacial score (nSPS) is 10.6. The molecule has 3 rings (SSSR count). The van der Waals surface area contributed by atoms with Crippen LogP contribution in [0.5, 0.6) is 5.75 Å². The number of amides is 3. The summed E-state index contributed by atoms with van der Waals surface area (Å²) in [4.78, 5) is 36.2. The van der Waals surface area contributed by atoms with Gasteiger partial charge in [-0.25, -0.2) is 9.82 Å². The fourth-order valence-electron chi connectivity index (χ4n) is 2.61. The van der Waals surface area contributed by atoms with Crippen molar-refractivity contribution in [3.05, 3.63) is 86.6 Å². The molecule has 0 bridgehead atoms. The highest BCUT2D eigenvalue weighted by Crippen LogP contribution is 2.29. The first kappa shape index (κ1) is 26.1. The number of benzene rings is 3. The van der Waals surface area contributed by atoms with Gasteiger partial charge in [0.1, 0.15) is 11.6 Å². The minimum atomic E-state index is -1.04. The maximum Gasteiger partial charge on any atom is 0.329 e. The van der Waals surface area contributed by atoms with Gasteiger partial charge in [-0.15, -0.1) is 0 Å². The van der Waals surface area contributed by atoms with E-state index >= 15 is 0 Å². The highest BCUT2D eigenvalue weighted by atomic mass is 79.9. The SMILES string of the molecule is O=C(COc1ccc(Br)cc1/C=N\NC(=O)C(=O)Nc1ccc(F)cc1)Nc1cccc(Cl)c1Cl. The Morgan fingerprint density at radius 2 is 1.74 bits per heavy atom. The van der Waals surface area contributed by atoms with Crippen molar-refractivity contribution in [1.29, 1.82) is 0 Å². The van der Waals surface area contributed by atoms with E-state index in [1.807, 2.05) is 0 Å². The second-order valence-corrected chi connectivity index (χ2v) is 8.48. The van der Waals surface area contributed by atoms with Gasteiger partial charge in [0.25, 0.3) is 5.91 Å². The standard InChI is InChI=1S/C23H16BrCl2FN4O4/c24-14-4-9-19(35-12-20(32)30-18-3-1-2-17(25)21(18)26)13(10-14)11-28-31-23(34)22(33)29-16-7-5-15(27)6-8-16/h1-11H,12H2,(H,29,33)(H,30,32)(H,31,34)/b28-11-. The predicted octanol–water partition coefficient (Wildman–Crippen LogP) is 5.00. The van der Waals surface area contributed by atoms with Crippen molar-refractivity contribution in [3.8, 4) is 5.75 Å². The van der Waals surface area contributed by atoms with Gasteiger partial charge >= 0.3 is 11.8 Å². The van der Waals surface area contributed by atoms with E-state index in [1.165, 1.54) is 18.3 Å². The van der Waals surface area contributed by atoms with Gasteiger partial charge in [-0.1, -0.05) is 45.2 Å². The first-order valence-corrected chi connectivity index (χ1v) is 11.3. The number of hydrogen-bond acceptors (Lipinski definition) is 5. The number of halogens is 4. The molecule has 0 aromatic heterocycles. The zero-order chi connectivity index (χ0) is 25.4. The van der Waals surface area contributed by atoms with E-state index in [2.05, 4.69) is 37.1 Å². The van der Waals surface area contributed by atoms with Crippen LogP contribution in [0.25, 0.3) is 0 Å². The summed E-state index contributed by atoms with van der Waals surface area (Å²) in [6, 6.07) is 14.7. The topological polar surface area (TPSA) is 109 Å². The zero-order valence-electron chi connectivity index (χ0n) is 17.7. The molecular formula is C23H16BrCl2FN4O4. The maximum absolute atomic E-state index is 12.9. The molecule has 0 aliphatic rings. The van der Waals surface area contributed by atoms with Crippen molar-refractivity contribution in [3.63, 3.8) is 0 Å². The summed E-state index contributed by atoms with van der Waals surface area (Å²) in [5, 5.41) is 9.17. The van der Waals surface area contributed by atoms with Gasteiger partial charge in [0, 0.05) is 15.7 Å². The van der Waals surface area contributed by atoms with Gasteiger partial charge in [0.15, 0.2) is 6.61 Å². The molecule has 0 spiro atoms. The molecule has 0 unspecified atom stereocenters. The molecule has 8 nitrogen and oxygen atoms in total. The zero-order valence-corrected chi connectivity index (χ0v) is 20.7. The average molecular weight is 582 g/mol. The predicted molar refractivity (Wildman–Crippen MR) is 135 cm³/mol. The Kier molecular flexibility index (Phi) is 9.18. The number of nitrogens with zero attached hydrogens (tertiary/aromatic N) is 1. The van der Waals surface area contributed by atoms with Crippen LogP contribution in [0.1, 0.15) is 5.56 Å². The van der Waals surface area contributed by atoms with Crippen LogP contribution < -0.4 is 20.8 Å². The Hall–Kier alpha value is -3.47. The van der Waals surface area contributed by atoms with E-state index in [1.54, 1.807) is 36.4 Å². The van der Waals surface area contributed by atoms with Crippen LogP contribution >= 0.6 is 39.1 Å². The van der Waals surface area contributed by atoms with Gasteiger partial charge in [0.05, 0.1) is 21.9 Å². The van der Waals surface area contributed by atoms with E-state index in [-0.39, 0.29) is 23.1 Å². The molecule has 0 radical (unpaired) electrons. The molecule has 0 fully saturated rings. The number of hydrazone groups is 1. The quantitative estimate of drug-likeness (QED) is 0.207. The van der Waals surface area contributed by atoms with E-state index in [9.17, 15) is 18.8 Å². The Morgan fingerprint density at radius 3 is 2.49 bits per heavy atom. The van der Waals surface area contributed by atoms with Crippen molar-refractivity contribution in [2.24, 2.45) is 5.10 Å². The molecule has 0 aliphatic carbocycles. The van der Waals surface area contributed by atoms with Crippen LogP contribution in [0.3, 0.4) is 0 Å². The molecule has 0 aliphatic heterocycles. The molecule has 180 valence electrons. The Balaban J connectivity index is 1.58. The van der Waals surface area contributed by atoms with Crippen LogP contribution in [0.15, 0.2) is 70.2 Å². The summed E-state index contributed by atoms with van der Waals surface area (Å²) >= 11 is 15.3. The lowest BCUT2D eigenvalue weighted by Crippen LogP contribution is -2.32. The fourth-order valence-corrected chi connectivity index (χ4v) is 3.34. The van der Waals surface area contributed by atoms with Crippen LogP contribution in [0, 0.1) is 5.82 Å². The second kappa shape index (κ2) is 12.3. The third-order valence-electron chi connectivity index (χ3n) is 4.23. The number of carbonyl (C=O) groups is 3. The summed E-state index contributed by atoms with van der Waals surface area (Å²) < 4.78 is 19.2. The van der Waals surface area contributed by atoms with Gasteiger partial charge in [0.2, 0.25) is 0 Å². The minimum Gasteiger partial charge on any atom is -0.483 e. The molecule has 0 atom stereocenters. The third kappa shape index (κ3) is 7.78. The first-order valence-electron chi connectivity index (χ1n) is 9.79. The summed E-state index contributed by atoms with van der Waals surface area (Å²) in [5.41, 5.74) is 3.08. The van der Waals surface area contributed by atoms with E-state index in [4.69, 9.17) is 27.9 Å². The molecule has 0 saturated heterocycles. The van der Waals surface area contributed by atoms with Gasteiger partial charge < -0.3 is 15.4 Å². The van der Waals surface area contributed by atoms with E-state index in [0.29, 0.717) is 20.7 Å². The number of carbonyl (C=O) groups excluding carboxylic acids is 3. The molecule has 3 N–H and O–H groups in total. The molecule has 0 saturated carbocycles. The smallest absolute Gasteiger partial charge is 0.329 e. The number of nitrogens with one attached hydrogen (secondary N) is 3. The Labute approximate surface area is 217 Å². The fraction of sp³-hybridized carbons (Fsp3) is 0.0435. The lowest BCUT2D eigenvalue weighted by atomic mass is 10.2. The largest absolute Gasteiger partial charge is 0.483 e. The van der Waals surface area contributed by atoms with Crippen LogP contribution in [-0.2, 0) is 14.4 Å².